The minimum Gasteiger partial charge on any atom is -0.378 e. The summed E-state index contributed by atoms with van der Waals surface area (Å²) in [6.07, 6.45) is 0.877. The average Bonchev–Trinajstić information content (AvgIpc) is 2.38. The van der Waals surface area contributed by atoms with E-state index in [1.807, 2.05) is 6.07 Å². The molecule has 1 heterocycles. The third kappa shape index (κ3) is 4.37. The molecule has 100 valence electrons. The quantitative estimate of drug-likeness (QED) is 0.854. The van der Waals surface area contributed by atoms with Gasteiger partial charge in [0.05, 0.1) is 13.2 Å². The van der Waals surface area contributed by atoms with Gasteiger partial charge in [-0.2, -0.15) is 0 Å². The molecule has 1 atom stereocenters. The molecule has 1 aromatic carbocycles. The lowest BCUT2D eigenvalue weighted by Crippen LogP contribution is -2.47. The molecule has 0 radical (unpaired) electrons. The molecular weight excluding hydrogens is 231 g/mol. The Hall–Kier alpha value is -0.970. The van der Waals surface area contributed by atoms with Crippen LogP contribution in [0.4, 0.5) is 4.39 Å². The molecule has 0 saturated carbocycles. The minimum atomic E-state index is -0.155. The fourth-order valence-electron chi connectivity index (χ4n) is 2.22. The lowest BCUT2D eigenvalue weighted by Gasteiger charge is -2.28. The fourth-order valence-corrected chi connectivity index (χ4v) is 2.22. The van der Waals surface area contributed by atoms with Gasteiger partial charge in [-0.1, -0.05) is 12.1 Å². The molecule has 4 heteroatoms. The van der Waals surface area contributed by atoms with Crippen LogP contribution in [0.15, 0.2) is 24.3 Å². The van der Waals surface area contributed by atoms with Crippen molar-refractivity contribution in [1.29, 1.82) is 0 Å². The number of likely N-dealkylation sites (N-methyl/N-ethyl adjacent to an activating group) is 1. The second-order valence-electron chi connectivity index (χ2n) is 4.87. The highest BCUT2D eigenvalue weighted by Gasteiger charge is 2.14. The van der Waals surface area contributed by atoms with Crippen LogP contribution in [-0.4, -0.2) is 50.8 Å². The molecule has 1 unspecified atom stereocenters. The molecule has 1 aliphatic rings. The van der Waals surface area contributed by atoms with Crippen molar-refractivity contribution >= 4 is 0 Å². The first kappa shape index (κ1) is 13.5. The number of ether oxygens (including phenoxy) is 1. The van der Waals surface area contributed by atoms with E-state index in [1.165, 1.54) is 6.07 Å². The minimum absolute atomic E-state index is 0.155. The topological polar surface area (TPSA) is 24.5 Å². The van der Waals surface area contributed by atoms with Crippen molar-refractivity contribution < 1.29 is 9.13 Å². The zero-order valence-electron chi connectivity index (χ0n) is 10.9. The number of hydrogen-bond acceptors (Lipinski definition) is 3. The Morgan fingerprint density at radius 2 is 2.39 bits per heavy atom. The molecule has 1 saturated heterocycles. The Labute approximate surface area is 108 Å². The highest BCUT2D eigenvalue weighted by Crippen LogP contribution is 2.05. The van der Waals surface area contributed by atoms with E-state index in [2.05, 4.69) is 17.3 Å². The van der Waals surface area contributed by atoms with Crippen LogP contribution >= 0.6 is 0 Å². The number of morpholine rings is 1. The van der Waals surface area contributed by atoms with E-state index in [9.17, 15) is 4.39 Å². The maximum atomic E-state index is 13.0. The summed E-state index contributed by atoms with van der Waals surface area (Å²) in [6.45, 7) is 4.42. The normalized spacial score (nSPS) is 20.3. The predicted molar refractivity (Wildman–Crippen MR) is 70.2 cm³/mol. The first-order chi connectivity index (χ1) is 8.74. The number of nitrogens with zero attached hydrogens (tertiary/aromatic N) is 1. The molecule has 0 amide bonds. The van der Waals surface area contributed by atoms with E-state index >= 15 is 0 Å². The van der Waals surface area contributed by atoms with Crippen LogP contribution in [-0.2, 0) is 11.2 Å². The van der Waals surface area contributed by atoms with Gasteiger partial charge in [-0.3, -0.25) is 0 Å². The Morgan fingerprint density at radius 3 is 3.11 bits per heavy atom. The molecule has 0 aliphatic carbocycles. The summed E-state index contributed by atoms with van der Waals surface area (Å²) in [5.74, 6) is -0.155. The molecule has 1 fully saturated rings. The first-order valence-electron chi connectivity index (χ1n) is 6.48. The number of nitrogens with one attached hydrogen (secondary N) is 1. The summed E-state index contributed by atoms with van der Waals surface area (Å²) in [5, 5.41) is 3.43. The Bertz CT molecular complexity index is 367. The van der Waals surface area contributed by atoms with Gasteiger partial charge in [0, 0.05) is 25.7 Å². The van der Waals surface area contributed by atoms with E-state index in [1.54, 1.807) is 12.1 Å². The van der Waals surface area contributed by atoms with Gasteiger partial charge in [-0.15, -0.1) is 0 Å². The standard InChI is InChI=1S/C14H21FN2O/c1-17(10-14-11-18-8-6-16-14)7-5-12-3-2-4-13(15)9-12/h2-4,9,14,16H,5-8,10-11H2,1H3. The predicted octanol–water partition coefficient (Wildman–Crippen LogP) is 1.29. The van der Waals surface area contributed by atoms with E-state index < -0.39 is 0 Å². The van der Waals surface area contributed by atoms with Crippen LogP contribution < -0.4 is 5.32 Å². The van der Waals surface area contributed by atoms with Crippen LogP contribution in [0.3, 0.4) is 0 Å². The third-order valence-electron chi connectivity index (χ3n) is 3.20. The van der Waals surface area contributed by atoms with E-state index in [0.29, 0.717) is 6.04 Å². The van der Waals surface area contributed by atoms with Gasteiger partial charge < -0.3 is 15.0 Å². The molecule has 1 N–H and O–H groups in total. The Balaban J connectivity index is 1.72. The SMILES string of the molecule is CN(CCc1cccc(F)c1)CC1COCCN1. The van der Waals surface area contributed by atoms with Crippen molar-refractivity contribution in [2.75, 3.05) is 39.9 Å². The number of benzene rings is 1. The van der Waals surface area contributed by atoms with Crippen LogP contribution in [0.2, 0.25) is 0 Å². The van der Waals surface area contributed by atoms with Gasteiger partial charge in [0.15, 0.2) is 0 Å². The van der Waals surface area contributed by atoms with E-state index in [0.717, 1.165) is 44.8 Å². The van der Waals surface area contributed by atoms with Crippen LogP contribution in [0, 0.1) is 5.82 Å². The maximum absolute atomic E-state index is 13.0. The monoisotopic (exact) mass is 252 g/mol. The summed E-state index contributed by atoms with van der Waals surface area (Å²) in [4.78, 5) is 2.26. The average molecular weight is 252 g/mol. The second kappa shape index (κ2) is 6.83. The summed E-state index contributed by atoms with van der Waals surface area (Å²) in [6, 6.07) is 7.24. The van der Waals surface area contributed by atoms with Gasteiger partial charge >= 0.3 is 0 Å². The van der Waals surface area contributed by atoms with Gasteiger partial charge in [-0.05, 0) is 31.2 Å². The molecule has 0 bridgehead atoms. The van der Waals surface area contributed by atoms with Gasteiger partial charge in [0.25, 0.3) is 0 Å². The Morgan fingerprint density at radius 1 is 1.50 bits per heavy atom. The zero-order chi connectivity index (χ0) is 12.8. The van der Waals surface area contributed by atoms with Crippen LogP contribution in [0.5, 0.6) is 0 Å². The van der Waals surface area contributed by atoms with Crippen molar-refractivity contribution in [2.45, 2.75) is 12.5 Å². The molecule has 18 heavy (non-hydrogen) atoms. The van der Waals surface area contributed by atoms with Gasteiger partial charge in [-0.25, -0.2) is 4.39 Å². The zero-order valence-corrected chi connectivity index (χ0v) is 10.9. The van der Waals surface area contributed by atoms with Crippen molar-refractivity contribution in [3.63, 3.8) is 0 Å². The Kier molecular flexibility index (Phi) is 5.11. The third-order valence-corrected chi connectivity index (χ3v) is 3.20. The fraction of sp³-hybridized carbons (Fsp3) is 0.571. The summed E-state index contributed by atoms with van der Waals surface area (Å²) >= 11 is 0. The highest BCUT2D eigenvalue weighted by molar-refractivity contribution is 5.16. The smallest absolute Gasteiger partial charge is 0.123 e. The number of hydrogen-bond donors (Lipinski definition) is 1. The number of rotatable bonds is 5. The number of halogens is 1. The van der Waals surface area contributed by atoms with Gasteiger partial charge in [0.2, 0.25) is 0 Å². The molecule has 0 spiro atoms. The van der Waals surface area contributed by atoms with Gasteiger partial charge in [0.1, 0.15) is 5.82 Å². The second-order valence-corrected chi connectivity index (χ2v) is 4.87. The van der Waals surface area contributed by atoms with Crippen molar-refractivity contribution in [3.05, 3.63) is 35.6 Å². The lowest BCUT2D eigenvalue weighted by atomic mass is 10.1. The van der Waals surface area contributed by atoms with Crippen molar-refractivity contribution in [1.82, 2.24) is 10.2 Å². The molecule has 3 nitrogen and oxygen atoms in total. The molecule has 1 aromatic rings. The molecule has 0 aromatic heterocycles. The molecule has 1 aliphatic heterocycles. The lowest BCUT2D eigenvalue weighted by molar-refractivity contribution is 0.0655. The molecule has 2 rings (SSSR count). The summed E-state index contributed by atoms with van der Waals surface area (Å²) < 4.78 is 18.4. The molecular formula is C14H21FN2O. The highest BCUT2D eigenvalue weighted by atomic mass is 19.1. The summed E-state index contributed by atoms with van der Waals surface area (Å²) in [5.41, 5.74) is 1.05. The van der Waals surface area contributed by atoms with E-state index in [-0.39, 0.29) is 5.82 Å². The maximum Gasteiger partial charge on any atom is 0.123 e. The van der Waals surface area contributed by atoms with Crippen LogP contribution in [0.1, 0.15) is 5.56 Å². The summed E-state index contributed by atoms with van der Waals surface area (Å²) in [7, 11) is 2.09. The first-order valence-corrected chi connectivity index (χ1v) is 6.48. The largest absolute Gasteiger partial charge is 0.378 e. The van der Waals surface area contributed by atoms with Crippen molar-refractivity contribution in [3.8, 4) is 0 Å². The van der Waals surface area contributed by atoms with E-state index in [4.69, 9.17) is 4.74 Å². The van der Waals surface area contributed by atoms with Crippen LogP contribution in [0.25, 0.3) is 0 Å². The van der Waals surface area contributed by atoms with Crippen molar-refractivity contribution in [2.24, 2.45) is 0 Å².